The molecule has 1 aliphatic rings. The molecule has 0 aromatic carbocycles. The Morgan fingerprint density at radius 2 is 2.24 bits per heavy atom. The Morgan fingerprint density at radius 1 is 1.48 bits per heavy atom. The molecular weight excluding hydrogens is 270 g/mol. The van der Waals surface area contributed by atoms with E-state index in [1.165, 1.54) is 0 Å². The summed E-state index contributed by atoms with van der Waals surface area (Å²) in [6.07, 6.45) is 1.56. The van der Waals surface area contributed by atoms with Crippen LogP contribution < -0.4 is 0 Å². The van der Waals surface area contributed by atoms with Gasteiger partial charge >= 0.3 is 0 Å². The summed E-state index contributed by atoms with van der Waals surface area (Å²) in [7, 11) is 0. The molecule has 1 aliphatic heterocycles. The summed E-state index contributed by atoms with van der Waals surface area (Å²) in [5.74, 6) is -0.0341. The first kappa shape index (κ1) is 14.0. The summed E-state index contributed by atoms with van der Waals surface area (Å²) in [6, 6.07) is 1.80. The minimum atomic E-state index is -0.335. The van der Waals surface area contributed by atoms with Crippen molar-refractivity contribution in [2.75, 3.05) is 13.1 Å². The minimum absolute atomic E-state index is 0.0201. The Kier molecular flexibility index (Phi) is 3.20. The number of carbonyl (C=O) groups is 1. The first-order valence-corrected chi connectivity index (χ1v) is 7.05. The maximum atomic E-state index is 12.7. The number of ether oxygens (including phenoxy) is 1. The summed E-state index contributed by atoms with van der Waals surface area (Å²) >= 11 is 0. The number of morpholine rings is 1. The van der Waals surface area contributed by atoms with Crippen LogP contribution in [0, 0.1) is 6.92 Å². The van der Waals surface area contributed by atoms with Crippen molar-refractivity contribution in [3.8, 4) is 0 Å². The van der Waals surface area contributed by atoms with Crippen LogP contribution in [0.2, 0.25) is 0 Å². The van der Waals surface area contributed by atoms with Crippen LogP contribution in [-0.2, 0) is 4.74 Å². The van der Waals surface area contributed by atoms with Crippen molar-refractivity contribution < 1.29 is 14.1 Å². The number of nitrogens with zero attached hydrogens (tertiary/aromatic N) is 3. The van der Waals surface area contributed by atoms with E-state index in [2.05, 4.69) is 10.1 Å². The van der Waals surface area contributed by atoms with Crippen molar-refractivity contribution in [1.82, 2.24) is 15.0 Å². The van der Waals surface area contributed by atoms with E-state index in [9.17, 15) is 4.79 Å². The van der Waals surface area contributed by atoms with Crippen LogP contribution in [0.25, 0.3) is 11.1 Å². The van der Waals surface area contributed by atoms with Gasteiger partial charge in [0.05, 0.1) is 28.3 Å². The molecule has 0 radical (unpaired) electrons. The van der Waals surface area contributed by atoms with E-state index in [0.29, 0.717) is 24.4 Å². The highest BCUT2D eigenvalue weighted by Crippen LogP contribution is 2.23. The van der Waals surface area contributed by atoms with Gasteiger partial charge < -0.3 is 14.2 Å². The lowest BCUT2D eigenvalue weighted by Gasteiger charge is -2.41. The SMILES string of the molecule is Cc1noc2ncc(C(=O)N3CC(C)OC(C)(C)C3)cc12. The molecule has 0 N–H and O–H groups in total. The van der Waals surface area contributed by atoms with E-state index in [0.717, 1.165) is 11.1 Å². The fraction of sp³-hybridized carbons (Fsp3) is 0.533. The third kappa shape index (κ3) is 2.63. The summed E-state index contributed by atoms with van der Waals surface area (Å²) in [4.78, 5) is 18.7. The summed E-state index contributed by atoms with van der Waals surface area (Å²) in [5, 5.41) is 4.64. The van der Waals surface area contributed by atoms with Crippen molar-refractivity contribution >= 4 is 17.0 Å². The van der Waals surface area contributed by atoms with Crippen molar-refractivity contribution in [3.63, 3.8) is 0 Å². The molecule has 1 fully saturated rings. The number of fused-ring (bicyclic) bond motifs is 1. The largest absolute Gasteiger partial charge is 0.369 e. The summed E-state index contributed by atoms with van der Waals surface area (Å²) in [6.45, 7) is 8.96. The minimum Gasteiger partial charge on any atom is -0.369 e. The number of amides is 1. The number of hydrogen-bond donors (Lipinski definition) is 0. The lowest BCUT2D eigenvalue weighted by molar-refractivity contribution is -0.118. The van der Waals surface area contributed by atoms with Crippen LogP contribution in [0.4, 0.5) is 0 Å². The molecule has 0 spiro atoms. The molecule has 1 unspecified atom stereocenters. The lowest BCUT2D eigenvalue weighted by Crippen LogP contribution is -2.53. The van der Waals surface area contributed by atoms with Crippen molar-refractivity contribution in [2.45, 2.75) is 39.4 Å². The quantitative estimate of drug-likeness (QED) is 0.804. The van der Waals surface area contributed by atoms with Gasteiger partial charge in [0, 0.05) is 19.3 Å². The van der Waals surface area contributed by atoms with Crippen LogP contribution in [0.15, 0.2) is 16.8 Å². The van der Waals surface area contributed by atoms with Crippen LogP contribution in [0.5, 0.6) is 0 Å². The topological polar surface area (TPSA) is 68.5 Å². The molecular formula is C15H19N3O3. The Morgan fingerprint density at radius 3 is 2.95 bits per heavy atom. The van der Waals surface area contributed by atoms with E-state index in [-0.39, 0.29) is 17.6 Å². The number of hydrogen-bond acceptors (Lipinski definition) is 5. The van der Waals surface area contributed by atoms with Gasteiger partial charge in [0.15, 0.2) is 0 Å². The predicted octanol–water partition coefficient (Wildman–Crippen LogP) is 2.17. The second kappa shape index (κ2) is 4.80. The molecule has 6 nitrogen and oxygen atoms in total. The number of carbonyl (C=O) groups excluding carboxylic acids is 1. The summed E-state index contributed by atoms with van der Waals surface area (Å²) < 4.78 is 10.9. The second-order valence-corrected chi connectivity index (χ2v) is 6.22. The Hall–Kier alpha value is -1.95. The zero-order chi connectivity index (χ0) is 15.2. The molecule has 2 aromatic rings. The van der Waals surface area contributed by atoms with Gasteiger partial charge in [0.1, 0.15) is 0 Å². The molecule has 6 heteroatoms. The summed E-state index contributed by atoms with van der Waals surface area (Å²) in [5.41, 5.74) is 1.42. The number of aryl methyl sites for hydroxylation is 1. The Bertz CT molecular complexity index is 693. The van der Waals surface area contributed by atoms with E-state index in [4.69, 9.17) is 9.26 Å². The van der Waals surface area contributed by atoms with Gasteiger partial charge in [0.2, 0.25) is 0 Å². The zero-order valence-corrected chi connectivity index (χ0v) is 12.7. The van der Waals surface area contributed by atoms with Crippen molar-refractivity contribution in [1.29, 1.82) is 0 Å². The molecule has 0 bridgehead atoms. The van der Waals surface area contributed by atoms with E-state index >= 15 is 0 Å². The molecule has 21 heavy (non-hydrogen) atoms. The smallest absolute Gasteiger partial charge is 0.257 e. The Balaban J connectivity index is 1.90. The predicted molar refractivity (Wildman–Crippen MR) is 77.1 cm³/mol. The normalized spacial score (nSPS) is 21.7. The van der Waals surface area contributed by atoms with E-state index in [1.54, 1.807) is 12.3 Å². The van der Waals surface area contributed by atoms with Gasteiger partial charge in [-0.1, -0.05) is 5.16 Å². The fourth-order valence-corrected chi connectivity index (χ4v) is 2.85. The first-order valence-electron chi connectivity index (χ1n) is 7.05. The average Bonchev–Trinajstić information content (AvgIpc) is 2.77. The number of aromatic nitrogens is 2. The molecule has 3 rings (SSSR count). The molecule has 3 heterocycles. The van der Waals surface area contributed by atoms with Gasteiger partial charge in [-0.05, 0) is 33.8 Å². The molecule has 1 saturated heterocycles. The fourth-order valence-electron chi connectivity index (χ4n) is 2.85. The molecule has 1 amide bonds. The monoisotopic (exact) mass is 289 g/mol. The average molecular weight is 289 g/mol. The third-order valence-electron chi connectivity index (χ3n) is 3.61. The van der Waals surface area contributed by atoms with Gasteiger partial charge in [-0.3, -0.25) is 4.79 Å². The van der Waals surface area contributed by atoms with Crippen LogP contribution in [0.1, 0.15) is 36.8 Å². The first-order chi connectivity index (χ1) is 9.85. The van der Waals surface area contributed by atoms with Gasteiger partial charge in [-0.25, -0.2) is 4.98 Å². The molecule has 112 valence electrons. The van der Waals surface area contributed by atoms with Crippen molar-refractivity contribution in [2.24, 2.45) is 0 Å². The maximum Gasteiger partial charge on any atom is 0.257 e. The van der Waals surface area contributed by atoms with Crippen molar-refractivity contribution in [3.05, 3.63) is 23.5 Å². The highest BCUT2D eigenvalue weighted by Gasteiger charge is 2.34. The molecule has 0 saturated carbocycles. The van der Waals surface area contributed by atoms with E-state index < -0.39 is 0 Å². The standard InChI is InChI=1S/C15H19N3O3/c1-9-7-18(8-15(3,4)20-9)14(19)11-5-12-10(2)17-21-13(12)16-6-11/h5-6,9H,7-8H2,1-4H3. The third-order valence-corrected chi connectivity index (χ3v) is 3.61. The molecule has 2 aromatic heterocycles. The van der Waals surface area contributed by atoms with Gasteiger partial charge in [0.25, 0.3) is 11.6 Å². The zero-order valence-electron chi connectivity index (χ0n) is 12.7. The number of rotatable bonds is 1. The van der Waals surface area contributed by atoms with Crippen LogP contribution in [-0.4, -0.2) is 45.7 Å². The van der Waals surface area contributed by atoms with Gasteiger partial charge in [-0.2, -0.15) is 0 Å². The molecule has 1 atom stereocenters. The van der Waals surface area contributed by atoms with Crippen LogP contribution >= 0.6 is 0 Å². The second-order valence-electron chi connectivity index (χ2n) is 6.22. The van der Waals surface area contributed by atoms with Crippen LogP contribution in [0.3, 0.4) is 0 Å². The maximum absolute atomic E-state index is 12.7. The van der Waals surface area contributed by atoms with Gasteiger partial charge in [-0.15, -0.1) is 0 Å². The highest BCUT2D eigenvalue weighted by molar-refractivity contribution is 5.97. The Labute approximate surface area is 123 Å². The molecule has 0 aliphatic carbocycles. The van der Waals surface area contributed by atoms with E-state index in [1.807, 2.05) is 32.6 Å². The number of pyridine rings is 1. The highest BCUT2D eigenvalue weighted by atomic mass is 16.5. The lowest BCUT2D eigenvalue weighted by atomic mass is 10.0.